The predicted molar refractivity (Wildman–Crippen MR) is 82.8 cm³/mol. The van der Waals surface area contributed by atoms with Crippen LogP contribution in [0.3, 0.4) is 0 Å². The molecule has 22 heavy (non-hydrogen) atoms. The van der Waals surface area contributed by atoms with Gasteiger partial charge in [-0.2, -0.15) is 5.10 Å². The molecule has 4 rings (SSSR count). The maximum atomic E-state index is 12.6. The number of nitrogens with zero attached hydrogens (tertiary/aromatic N) is 4. The van der Waals surface area contributed by atoms with E-state index in [4.69, 9.17) is 16.0 Å². The van der Waals surface area contributed by atoms with E-state index in [0.29, 0.717) is 27.5 Å². The highest BCUT2D eigenvalue weighted by molar-refractivity contribution is 6.31. The lowest BCUT2D eigenvalue weighted by molar-refractivity contribution is 0.575. The van der Waals surface area contributed by atoms with Crippen LogP contribution < -0.4 is 5.43 Å². The minimum Gasteiger partial charge on any atom is -0.463 e. The lowest BCUT2D eigenvalue weighted by atomic mass is 10.2. The Kier molecular flexibility index (Phi) is 2.74. The standard InChI is InChI=1S/C15H9ClN4O2/c1-20-15-13(14(21)12(19-20)11-3-2-6-22-11)17-10-7-8(16)4-5-9(10)18-15/h2-7H,1H3. The second-order valence-corrected chi connectivity index (χ2v) is 5.24. The topological polar surface area (TPSA) is 73.8 Å². The highest BCUT2D eigenvalue weighted by Crippen LogP contribution is 2.20. The molecule has 0 aliphatic heterocycles. The van der Waals surface area contributed by atoms with Crippen LogP contribution in [0, 0.1) is 0 Å². The minimum absolute atomic E-state index is 0.204. The Morgan fingerprint density at radius 1 is 1.18 bits per heavy atom. The molecule has 1 aromatic carbocycles. The van der Waals surface area contributed by atoms with Crippen molar-refractivity contribution in [3.63, 3.8) is 0 Å². The molecule has 0 bridgehead atoms. The van der Waals surface area contributed by atoms with E-state index >= 15 is 0 Å². The van der Waals surface area contributed by atoms with Crippen molar-refractivity contribution in [2.75, 3.05) is 0 Å². The van der Waals surface area contributed by atoms with Crippen molar-refractivity contribution in [3.8, 4) is 11.5 Å². The molecule has 0 fully saturated rings. The highest BCUT2D eigenvalue weighted by atomic mass is 35.5. The average molecular weight is 313 g/mol. The number of hydrogen-bond acceptors (Lipinski definition) is 5. The van der Waals surface area contributed by atoms with E-state index in [0.717, 1.165) is 0 Å². The summed E-state index contributed by atoms with van der Waals surface area (Å²) in [5.41, 5.74) is 1.75. The van der Waals surface area contributed by atoms with Crippen LogP contribution in [-0.4, -0.2) is 19.7 Å². The lowest BCUT2D eigenvalue weighted by Crippen LogP contribution is -2.16. The van der Waals surface area contributed by atoms with Crippen molar-refractivity contribution in [1.82, 2.24) is 19.7 Å². The van der Waals surface area contributed by atoms with Crippen LogP contribution in [0.5, 0.6) is 0 Å². The van der Waals surface area contributed by atoms with Gasteiger partial charge in [-0.1, -0.05) is 11.6 Å². The smallest absolute Gasteiger partial charge is 0.239 e. The second kappa shape index (κ2) is 4.64. The zero-order valence-corrected chi connectivity index (χ0v) is 12.2. The third-order valence-corrected chi connectivity index (χ3v) is 3.58. The number of furan rings is 1. The van der Waals surface area contributed by atoms with E-state index in [9.17, 15) is 4.79 Å². The predicted octanol–water partition coefficient (Wildman–Crippen LogP) is 2.79. The van der Waals surface area contributed by atoms with Crippen molar-refractivity contribution in [2.45, 2.75) is 0 Å². The minimum atomic E-state index is -0.322. The Morgan fingerprint density at radius 3 is 2.82 bits per heavy atom. The van der Waals surface area contributed by atoms with Crippen LogP contribution in [0.15, 0.2) is 45.8 Å². The molecule has 6 nitrogen and oxygen atoms in total. The SMILES string of the molecule is Cn1nc(-c2ccco2)c(=O)c2nc3cc(Cl)ccc3nc21. The summed E-state index contributed by atoms with van der Waals surface area (Å²) >= 11 is 5.97. The zero-order valence-electron chi connectivity index (χ0n) is 11.4. The summed E-state index contributed by atoms with van der Waals surface area (Å²) < 4.78 is 6.79. The van der Waals surface area contributed by atoms with Crippen LogP contribution in [0.4, 0.5) is 0 Å². The van der Waals surface area contributed by atoms with Gasteiger partial charge in [-0.15, -0.1) is 0 Å². The van der Waals surface area contributed by atoms with E-state index in [2.05, 4.69) is 15.1 Å². The third-order valence-electron chi connectivity index (χ3n) is 3.35. The summed E-state index contributed by atoms with van der Waals surface area (Å²) in [4.78, 5) is 21.5. The number of fused-ring (bicyclic) bond motifs is 2. The van der Waals surface area contributed by atoms with Gasteiger partial charge in [0.2, 0.25) is 5.43 Å². The monoisotopic (exact) mass is 312 g/mol. The molecule has 0 aliphatic carbocycles. The summed E-state index contributed by atoms with van der Waals surface area (Å²) in [5, 5.41) is 4.79. The van der Waals surface area contributed by atoms with Crippen molar-refractivity contribution in [3.05, 3.63) is 51.8 Å². The molecular weight excluding hydrogens is 304 g/mol. The molecule has 0 spiro atoms. The van der Waals surface area contributed by atoms with Gasteiger partial charge in [0.05, 0.1) is 17.3 Å². The number of aryl methyl sites for hydroxylation is 1. The summed E-state index contributed by atoms with van der Waals surface area (Å²) in [6, 6.07) is 8.55. The van der Waals surface area contributed by atoms with Crippen LogP contribution in [0.2, 0.25) is 5.02 Å². The summed E-state index contributed by atoms with van der Waals surface area (Å²) in [5.74, 6) is 0.399. The quantitative estimate of drug-likeness (QED) is 0.505. The number of halogens is 1. The Labute approximate surface area is 129 Å². The second-order valence-electron chi connectivity index (χ2n) is 4.81. The fourth-order valence-corrected chi connectivity index (χ4v) is 2.49. The number of aromatic nitrogens is 4. The van der Waals surface area contributed by atoms with E-state index < -0.39 is 0 Å². The van der Waals surface area contributed by atoms with Crippen LogP contribution in [-0.2, 0) is 7.05 Å². The van der Waals surface area contributed by atoms with E-state index in [-0.39, 0.29) is 16.6 Å². The molecule has 0 radical (unpaired) electrons. The van der Waals surface area contributed by atoms with Crippen molar-refractivity contribution in [2.24, 2.45) is 7.05 Å². The molecule has 0 unspecified atom stereocenters. The van der Waals surface area contributed by atoms with Crippen LogP contribution >= 0.6 is 11.6 Å². The molecule has 0 N–H and O–H groups in total. The Hall–Kier alpha value is -2.73. The summed E-state index contributed by atoms with van der Waals surface area (Å²) in [6.45, 7) is 0. The van der Waals surface area contributed by atoms with Crippen LogP contribution in [0.25, 0.3) is 33.7 Å². The van der Waals surface area contributed by atoms with Crippen molar-refractivity contribution >= 4 is 33.8 Å². The fourth-order valence-electron chi connectivity index (χ4n) is 2.33. The Morgan fingerprint density at radius 2 is 2.05 bits per heavy atom. The first-order chi connectivity index (χ1) is 10.6. The lowest BCUT2D eigenvalue weighted by Gasteiger charge is -2.06. The molecule has 4 aromatic rings. The molecule has 0 amide bonds. The largest absolute Gasteiger partial charge is 0.463 e. The third kappa shape index (κ3) is 1.88. The molecule has 3 aromatic heterocycles. The molecule has 3 heterocycles. The van der Waals surface area contributed by atoms with E-state index in [1.54, 1.807) is 37.4 Å². The van der Waals surface area contributed by atoms with Gasteiger partial charge in [0.25, 0.3) is 0 Å². The Bertz CT molecular complexity index is 1070. The van der Waals surface area contributed by atoms with Crippen molar-refractivity contribution in [1.29, 1.82) is 0 Å². The maximum absolute atomic E-state index is 12.6. The molecule has 7 heteroatoms. The number of hydrogen-bond donors (Lipinski definition) is 0. The first kappa shape index (κ1) is 13.0. The number of rotatable bonds is 1. The molecule has 0 atom stereocenters. The average Bonchev–Trinajstić information content (AvgIpc) is 3.03. The number of benzene rings is 1. The van der Waals surface area contributed by atoms with Gasteiger partial charge in [0.1, 0.15) is 0 Å². The molecule has 108 valence electrons. The van der Waals surface area contributed by atoms with E-state index in [1.165, 1.54) is 10.9 Å². The first-order valence-corrected chi connectivity index (χ1v) is 6.89. The molecule has 0 saturated carbocycles. The summed E-state index contributed by atoms with van der Waals surface area (Å²) in [6.07, 6.45) is 1.49. The summed E-state index contributed by atoms with van der Waals surface area (Å²) in [7, 11) is 1.71. The molecule has 0 aliphatic rings. The normalized spacial score (nSPS) is 11.4. The maximum Gasteiger partial charge on any atom is 0.239 e. The molecule has 0 saturated heterocycles. The van der Waals surface area contributed by atoms with Gasteiger partial charge in [-0.05, 0) is 30.3 Å². The van der Waals surface area contributed by atoms with Gasteiger partial charge in [0, 0.05) is 12.1 Å². The van der Waals surface area contributed by atoms with Gasteiger partial charge >= 0.3 is 0 Å². The van der Waals surface area contributed by atoms with Gasteiger partial charge in [-0.25, -0.2) is 14.6 Å². The van der Waals surface area contributed by atoms with Gasteiger partial charge < -0.3 is 4.42 Å². The fraction of sp³-hybridized carbons (Fsp3) is 0.0667. The molecular formula is C15H9ClN4O2. The Balaban J connectivity index is 2.14. The first-order valence-electron chi connectivity index (χ1n) is 6.52. The van der Waals surface area contributed by atoms with Gasteiger partial charge in [-0.3, -0.25) is 4.79 Å². The van der Waals surface area contributed by atoms with Crippen LogP contribution in [0.1, 0.15) is 0 Å². The zero-order chi connectivity index (χ0) is 15.3. The van der Waals surface area contributed by atoms with E-state index in [1.807, 2.05) is 0 Å². The van der Waals surface area contributed by atoms with Gasteiger partial charge in [0.15, 0.2) is 22.6 Å². The van der Waals surface area contributed by atoms with Crippen molar-refractivity contribution < 1.29 is 4.42 Å². The highest BCUT2D eigenvalue weighted by Gasteiger charge is 2.16.